The van der Waals surface area contributed by atoms with Gasteiger partial charge in [0.1, 0.15) is 0 Å². The summed E-state index contributed by atoms with van der Waals surface area (Å²) in [7, 11) is 1.33. The lowest BCUT2D eigenvalue weighted by Crippen LogP contribution is -2.44. The van der Waals surface area contributed by atoms with Crippen LogP contribution in [0.5, 0.6) is 0 Å². The van der Waals surface area contributed by atoms with Crippen LogP contribution in [0.25, 0.3) is 0 Å². The van der Waals surface area contributed by atoms with Crippen LogP contribution in [0, 0.1) is 5.92 Å². The van der Waals surface area contributed by atoms with E-state index >= 15 is 0 Å². The van der Waals surface area contributed by atoms with Gasteiger partial charge in [-0.2, -0.15) is 0 Å². The van der Waals surface area contributed by atoms with E-state index in [0.717, 1.165) is 25.7 Å². The van der Waals surface area contributed by atoms with E-state index in [9.17, 15) is 9.90 Å². The molecule has 2 rings (SSSR count). The summed E-state index contributed by atoms with van der Waals surface area (Å²) in [5, 5.41) is 10.9. The number of hydrogen-bond acceptors (Lipinski definition) is 3. The first-order valence-corrected chi connectivity index (χ1v) is 6.56. The second-order valence-corrected chi connectivity index (χ2v) is 4.96. The van der Waals surface area contributed by atoms with Gasteiger partial charge >= 0.3 is 5.97 Å². The number of rotatable bonds is 3. The number of benzene rings is 1. The van der Waals surface area contributed by atoms with Crippen molar-refractivity contribution in [3.8, 4) is 0 Å². The van der Waals surface area contributed by atoms with Gasteiger partial charge in [0.05, 0.1) is 7.11 Å². The molecule has 0 aliphatic heterocycles. The first kappa shape index (κ1) is 13.1. The minimum atomic E-state index is -1.49. The summed E-state index contributed by atoms with van der Waals surface area (Å²) in [6.45, 7) is 0. The molecule has 1 aromatic rings. The highest BCUT2D eigenvalue weighted by atomic mass is 16.5. The molecule has 0 spiro atoms. The Balaban J connectivity index is 2.36. The Morgan fingerprint density at radius 2 is 1.83 bits per heavy atom. The second-order valence-electron chi connectivity index (χ2n) is 4.96. The van der Waals surface area contributed by atoms with Crippen LogP contribution in [-0.4, -0.2) is 18.2 Å². The molecule has 0 aromatic heterocycles. The van der Waals surface area contributed by atoms with Gasteiger partial charge in [0.25, 0.3) is 0 Å². The summed E-state index contributed by atoms with van der Waals surface area (Å²) in [6.07, 6.45) is 5.07. The van der Waals surface area contributed by atoms with Gasteiger partial charge in [-0.3, -0.25) is 0 Å². The molecule has 1 saturated carbocycles. The number of hydrogen-bond donors (Lipinski definition) is 1. The summed E-state index contributed by atoms with van der Waals surface area (Å²) in [5.74, 6) is -0.582. The van der Waals surface area contributed by atoms with Crippen LogP contribution in [0.4, 0.5) is 0 Å². The molecule has 1 aliphatic rings. The van der Waals surface area contributed by atoms with Gasteiger partial charge in [-0.25, -0.2) is 4.79 Å². The molecule has 98 valence electrons. The number of methoxy groups -OCH3 is 1. The van der Waals surface area contributed by atoms with Crippen LogP contribution in [-0.2, 0) is 15.1 Å². The van der Waals surface area contributed by atoms with Crippen molar-refractivity contribution in [2.45, 2.75) is 37.7 Å². The smallest absolute Gasteiger partial charge is 0.342 e. The fourth-order valence-electron chi connectivity index (χ4n) is 2.89. The lowest BCUT2D eigenvalue weighted by atomic mass is 9.73. The van der Waals surface area contributed by atoms with Gasteiger partial charge in [0.15, 0.2) is 5.60 Å². The van der Waals surface area contributed by atoms with E-state index in [0.29, 0.717) is 5.56 Å². The van der Waals surface area contributed by atoms with Crippen molar-refractivity contribution in [1.29, 1.82) is 0 Å². The van der Waals surface area contributed by atoms with Crippen LogP contribution in [0.15, 0.2) is 30.3 Å². The third kappa shape index (κ3) is 2.27. The van der Waals surface area contributed by atoms with E-state index in [1.54, 1.807) is 12.1 Å². The SMILES string of the molecule is COC(=O)[C@@](O)(c1ccccc1)C1CCCCC1. The highest BCUT2D eigenvalue weighted by Gasteiger charge is 2.46. The molecule has 1 aliphatic carbocycles. The maximum atomic E-state index is 12.1. The van der Waals surface area contributed by atoms with E-state index in [-0.39, 0.29) is 5.92 Å². The summed E-state index contributed by atoms with van der Waals surface area (Å²) in [5.41, 5.74) is -0.847. The maximum absolute atomic E-state index is 12.1. The third-order valence-corrected chi connectivity index (χ3v) is 3.91. The Morgan fingerprint density at radius 3 is 2.39 bits per heavy atom. The van der Waals surface area contributed by atoms with Crippen LogP contribution in [0.3, 0.4) is 0 Å². The molecule has 1 atom stereocenters. The topological polar surface area (TPSA) is 46.5 Å². The molecular weight excluding hydrogens is 228 g/mol. The van der Waals surface area contributed by atoms with Crippen LogP contribution < -0.4 is 0 Å². The van der Waals surface area contributed by atoms with Gasteiger partial charge < -0.3 is 9.84 Å². The molecule has 18 heavy (non-hydrogen) atoms. The largest absolute Gasteiger partial charge is 0.467 e. The minimum absolute atomic E-state index is 0.0406. The van der Waals surface area contributed by atoms with Crippen molar-refractivity contribution in [3.63, 3.8) is 0 Å². The highest BCUT2D eigenvalue weighted by molar-refractivity contribution is 5.81. The van der Waals surface area contributed by atoms with Crippen LogP contribution in [0.1, 0.15) is 37.7 Å². The molecule has 1 fully saturated rings. The van der Waals surface area contributed by atoms with Crippen LogP contribution in [0.2, 0.25) is 0 Å². The summed E-state index contributed by atoms with van der Waals surface area (Å²) >= 11 is 0. The quantitative estimate of drug-likeness (QED) is 0.836. The molecule has 1 aromatic carbocycles. The molecule has 1 N–H and O–H groups in total. The van der Waals surface area contributed by atoms with E-state index in [1.165, 1.54) is 13.5 Å². The lowest BCUT2D eigenvalue weighted by Gasteiger charge is -2.36. The summed E-state index contributed by atoms with van der Waals surface area (Å²) in [4.78, 5) is 12.1. The molecule has 0 heterocycles. The molecule has 3 nitrogen and oxygen atoms in total. The highest BCUT2D eigenvalue weighted by Crippen LogP contribution is 2.40. The molecule has 0 saturated heterocycles. The lowest BCUT2D eigenvalue weighted by molar-refractivity contribution is -0.172. The van der Waals surface area contributed by atoms with Gasteiger partial charge in [0.2, 0.25) is 0 Å². The molecule has 0 radical (unpaired) electrons. The van der Waals surface area contributed by atoms with Gasteiger partial charge in [-0.1, -0.05) is 49.6 Å². The average molecular weight is 248 g/mol. The Hall–Kier alpha value is -1.35. The number of esters is 1. The number of carbonyl (C=O) groups excluding carboxylic acids is 1. The Kier molecular flexibility index (Phi) is 4.02. The molecule has 3 heteroatoms. The second kappa shape index (κ2) is 5.53. The normalized spacial score (nSPS) is 20.1. The Bertz CT molecular complexity index is 395. The zero-order valence-electron chi connectivity index (χ0n) is 10.8. The van der Waals surface area contributed by atoms with E-state index in [4.69, 9.17) is 4.74 Å². The number of carbonyl (C=O) groups is 1. The first-order chi connectivity index (χ1) is 8.69. The summed E-state index contributed by atoms with van der Waals surface area (Å²) < 4.78 is 4.83. The van der Waals surface area contributed by atoms with Crippen molar-refractivity contribution in [3.05, 3.63) is 35.9 Å². The maximum Gasteiger partial charge on any atom is 0.342 e. The molecule has 0 amide bonds. The van der Waals surface area contributed by atoms with Crippen molar-refractivity contribution in [2.75, 3.05) is 7.11 Å². The molecule has 0 bridgehead atoms. The number of aliphatic hydroxyl groups is 1. The van der Waals surface area contributed by atoms with E-state index in [1.807, 2.05) is 18.2 Å². The van der Waals surface area contributed by atoms with Gasteiger partial charge in [0, 0.05) is 5.92 Å². The Labute approximate surface area is 108 Å². The fraction of sp³-hybridized carbons (Fsp3) is 0.533. The Morgan fingerprint density at radius 1 is 1.22 bits per heavy atom. The number of ether oxygens (including phenoxy) is 1. The van der Waals surface area contributed by atoms with E-state index < -0.39 is 11.6 Å². The van der Waals surface area contributed by atoms with Crippen LogP contribution >= 0.6 is 0 Å². The monoisotopic (exact) mass is 248 g/mol. The average Bonchev–Trinajstić information content (AvgIpc) is 2.47. The predicted octanol–water partition coefficient (Wildman–Crippen LogP) is 2.63. The van der Waals surface area contributed by atoms with Crippen molar-refractivity contribution in [1.82, 2.24) is 0 Å². The van der Waals surface area contributed by atoms with Crippen molar-refractivity contribution >= 4 is 5.97 Å². The fourth-order valence-corrected chi connectivity index (χ4v) is 2.89. The standard InChI is InChI=1S/C15H20O3/c1-18-14(16)15(17,12-8-4-2-5-9-12)13-10-6-3-7-11-13/h2,4-5,8-9,13,17H,3,6-7,10-11H2,1H3/t15-/m1/s1. The van der Waals surface area contributed by atoms with Crippen molar-refractivity contribution < 1.29 is 14.6 Å². The zero-order chi connectivity index (χ0) is 13.0. The minimum Gasteiger partial charge on any atom is -0.467 e. The van der Waals surface area contributed by atoms with E-state index in [2.05, 4.69) is 0 Å². The van der Waals surface area contributed by atoms with Gasteiger partial charge in [-0.05, 0) is 18.4 Å². The predicted molar refractivity (Wildman–Crippen MR) is 68.9 cm³/mol. The molecular formula is C15H20O3. The van der Waals surface area contributed by atoms with Crippen molar-refractivity contribution in [2.24, 2.45) is 5.92 Å². The van der Waals surface area contributed by atoms with Gasteiger partial charge in [-0.15, -0.1) is 0 Å². The summed E-state index contributed by atoms with van der Waals surface area (Å²) in [6, 6.07) is 9.15. The molecule has 0 unspecified atom stereocenters. The zero-order valence-corrected chi connectivity index (χ0v) is 10.8. The third-order valence-electron chi connectivity index (χ3n) is 3.91. The first-order valence-electron chi connectivity index (χ1n) is 6.56.